The van der Waals surface area contributed by atoms with Crippen molar-refractivity contribution in [1.82, 2.24) is 9.88 Å². The van der Waals surface area contributed by atoms with Crippen LogP contribution in [0.5, 0.6) is 0 Å². The molecule has 102 valence electrons. The maximum absolute atomic E-state index is 5.72. The van der Waals surface area contributed by atoms with Crippen molar-refractivity contribution < 1.29 is 0 Å². The van der Waals surface area contributed by atoms with Crippen LogP contribution in [0.25, 0.3) is 10.9 Å². The maximum Gasteiger partial charge on any atom is 0.0705 e. The normalized spacial score (nSPS) is 13.1. The fourth-order valence-corrected chi connectivity index (χ4v) is 2.35. The molecule has 0 aliphatic carbocycles. The molecule has 1 aromatic heterocycles. The number of nitrogens with zero attached hydrogens (tertiary/aromatic N) is 2. The Bertz CT molecular complexity index is 519. The van der Waals surface area contributed by atoms with Gasteiger partial charge in [-0.25, -0.2) is 0 Å². The predicted octanol–water partition coefficient (Wildman–Crippen LogP) is 2.65. The van der Waals surface area contributed by atoms with Gasteiger partial charge >= 0.3 is 0 Å². The molecule has 0 bridgehead atoms. The topological polar surface area (TPSA) is 42.2 Å². The number of hydrogen-bond donors (Lipinski definition) is 1. The number of rotatable bonds is 6. The average Bonchev–Trinajstić information content (AvgIpc) is 2.46. The van der Waals surface area contributed by atoms with Crippen LogP contribution in [0.15, 0.2) is 36.5 Å². The highest BCUT2D eigenvalue weighted by Gasteiger charge is 2.10. The lowest BCUT2D eigenvalue weighted by molar-refractivity contribution is 0.244. The van der Waals surface area contributed by atoms with Gasteiger partial charge in [0, 0.05) is 24.7 Å². The van der Waals surface area contributed by atoms with E-state index in [2.05, 4.69) is 48.0 Å². The summed E-state index contributed by atoms with van der Waals surface area (Å²) < 4.78 is 0. The highest BCUT2D eigenvalue weighted by Crippen LogP contribution is 2.18. The molecule has 0 fully saturated rings. The lowest BCUT2D eigenvalue weighted by Crippen LogP contribution is -2.31. The van der Waals surface area contributed by atoms with E-state index in [0.717, 1.165) is 31.7 Å². The molecule has 1 atom stereocenters. The molecule has 2 rings (SSSR count). The number of hydrogen-bond acceptors (Lipinski definition) is 3. The quantitative estimate of drug-likeness (QED) is 0.865. The molecular formula is C16H23N3. The van der Waals surface area contributed by atoms with Crippen LogP contribution in [0.4, 0.5) is 0 Å². The van der Waals surface area contributed by atoms with Gasteiger partial charge in [0.1, 0.15) is 0 Å². The zero-order valence-electron chi connectivity index (χ0n) is 11.8. The largest absolute Gasteiger partial charge is 0.330 e. The summed E-state index contributed by atoms with van der Waals surface area (Å²) in [5.41, 5.74) is 8.14. The van der Waals surface area contributed by atoms with Gasteiger partial charge in [-0.1, -0.05) is 32.0 Å². The van der Waals surface area contributed by atoms with Gasteiger partial charge < -0.3 is 5.73 Å². The molecule has 3 heteroatoms. The Morgan fingerprint density at radius 3 is 2.79 bits per heavy atom. The van der Waals surface area contributed by atoms with E-state index in [-0.39, 0.29) is 0 Å². The van der Waals surface area contributed by atoms with E-state index in [1.54, 1.807) is 0 Å². The second-order valence-corrected chi connectivity index (χ2v) is 5.16. The number of para-hydroxylation sites is 1. The van der Waals surface area contributed by atoms with E-state index in [1.165, 1.54) is 10.9 Å². The van der Waals surface area contributed by atoms with Crippen LogP contribution in [0, 0.1) is 5.92 Å². The summed E-state index contributed by atoms with van der Waals surface area (Å²) in [6.45, 7) is 8.20. The average molecular weight is 257 g/mol. The van der Waals surface area contributed by atoms with Gasteiger partial charge in [0.15, 0.2) is 0 Å². The Hall–Kier alpha value is -1.45. The predicted molar refractivity (Wildman–Crippen MR) is 80.9 cm³/mol. The number of aromatic nitrogens is 1. The van der Waals surface area contributed by atoms with E-state index < -0.39 is 0 Å². The van der Waals surface area contributed by atoms with Crippen LogP contribution in [-0.2, 0) is 6.54 Å². The minimum absolute atomic E-state index is 0.535. The number of pyridine rings is 1. The molecule has 0 saturated carbocycles. The number of nitrogens with two attached hydrogens (primary N) is 1. The Labute approximate surface area is 115 Å². The van der Waals surface area contributed by atoms with Gasteiger partial charge in [0.2, 0.25) is 0 Å². The van der Waals surface area contributed by atoms with Crippen molar-refractivity contribution in [2.45, 2.75) is 20.4 Å². The van der Waals surface area contributed by atoms with Gasteiger partial charge in [0.25, 0.3) is 0 Å². The SMILES string of the molecule is CCN(Cc1ccnc2ccccc12)CC(C)CN. The second-order valence-electron chi connectivity index (χ2n) is 5.16. The van der Waals surface area contributed by atoms with Crippen LogP contribution in [-0.4, -0.2) is 29.5 Å². The molecule has 19 heavy (non-hydrogen) atoms. The summed E-state index contributed by atoms with van der Waals surface area (Å²) in [6, 6.07) is 10.5. The molecule has 0 aliphatic heterocycles. The highest BCUT2D eigenvalue weighted by atomic mass is 15.1. The number of fused-ring (bicyclic) bond motifs is 1. The molecule has 1 heterocycles. The summed E-state index contributed by atoms with van der Waals surface area (Å²) in [7, 11) is 0. The van der Waals surface area contributed by atoms with E-state index in [9.17, 15) is 0 Å². The first kappa shape index (κ1) is 14.0. The lowest BCUT2D eigenvalue weighted by atomic mass is 10.1. The molecule has 3 nitrogen and oxygen atoms in total. The van der Waals surface area contributed by atoms with E-state index in [4.69, 9.17) is 5.73 Å². The van der Waals surface area contributed by atoms with Crippen molar-refractivity contribution in [3.8, 4) is 0 Å². The van der Waals surface area contributed by atoms with E-state index in [1.807, 2.05) is 12.3 Å². The zero-order valence-corrected chi connectivity index (χ0v) is 11.8. The standard InChI is InChI=1S/C16H23N3/c1-3-19(11-13(2)10-17)12-14-8-9-18-16-7-5-4-6-15(14)16/h4-9,13H,3,10-12,17H2,1-2H3. The lowest BCUT2D eigenvalue weighted by Gasteiger charge is -2.24. The van der Waals surface area contributed by atoms with Gasteiger partial charge in [-0.3, -0.25) is 9.88 Å². The molecule has 0 aliphatic rings. The Morgan fingerprint density at radius 2 is 2.05 bits per heavy atom. The Balaban J connectivity index is 2.19. The molecule has 0 saturated heterocycles. The molecule has 2 N–H and O–H groups in total. The minimum atomic E-state index is 0.535. The first-order chi connectivity index (χ1) is 9.24. The van der Waals surface area contributed by atoms with Crippen LogP contribution in [0.1, 0.15) is 19.4 Å². The molecule has 1 unspecified atom stereocenters. The molecule has 2 aromatic rings. The van der Waals surface area contributed by atoms with E-state index in [0.29, 0.717) is 5.92 Å². The van der Waals surface area contributed by atoms with Crippen LogP contribution in [0.3, 0.4) is 0 Å². The highest BCUT2D eigenvalue weighted by molar-refractivity contribution is 5.81. The molecule has 0 amide bonds. The van der Waals surface area contributed by atoms with Gasteiger partial charge in [-0.2, -0.15) is 0 Å². The summed E-state index contributed by atoms with van der Waals surface area (Å²) in [5.74, 6) is 0.535. The molecular weight excluding hydrogens is 234 g/mol. The molecule has 0 radical (unpaired) electrons. The summed E-state index contributed by atoms with van der Waals surface area (Å²) in [6.07, 6.45) is 1.90. The Morgan fingerprint density at radius 1 is 1.26 bits per heavy atom. The monoisotopic (exact) mass is 257 g/mol. The fourth-order valence-electron chi connectivity index (χ4n) is 2.35. The smallest absolute Gasteiger partial charge is 0.0705 e. The first-order valence-corrected chi connectivity index (χ1v) is 6.99. The first-order valence-electron chi connectivity index (χ1n) is 6.99. The third kappa shape index (κ3) is 3.52. The van der Waals surface area contributed by atoms with Crippen molar-refractivity contribution in [1.29, 1.82) is 0 Å². The molecule has 0 spiro atoms. The minimum Gasteiger partial charge on any atom is -0.330 e. The van der Waals surface area contributed by atoms with Crippen molar-refractivity contribution >= 4 is 10.9 Å². The third-order valence-electron chi connectivity index (χ3n) is 3.55. The second kappa shape index (κ2) is 6.64. The van der Waals surface area contributed by atoms with Crippen LogP contribution < -0.4 is 5.73 Å². The maximum atomic E-state index is 5.72. The van der Waals surface area contributed by atoms with Gasteiger partial charge in [-0.05, 0) is 36.7 Å². The van der Waals surface area contributed by atoms with E-state index >= 15 is 0 Å². The van der Waals surface area contributed by atoms with Crippen molar-refractivity contribution in [2.24, 2.45) is 11.7 Å². The van der Waals surface area contributed by atoms with Gasteiger partial charge in [0.05, 0.1) is 5.52 Å². The van der Waals surface area contributed by atoms with Crippen molar-refractivity contribution in [3.05, 3.63) is 42.1 Å². The summed E-state index contributed by atoms with van der Waals surface area (Å²) in [5, 5.41) is 1.25. The summed E-state index contributed by atoms with van der Waals surface area (Å²) in [4.78, 5) is 6.86. The van der Waals surface area contributed by atoms with Crippen LogP contribution in [0.2, 0.25) is 0 Å². The number of benzene rings is 1. The summed E-state index contributed by atoms with van der Waals surface area (Å²) >= 11 is 0. The van der Waals surface area contributed by atoms with Crippen LogP contribution >= 0.6 is 0 Å². The van der Waals surface area contributed by atoms with Crippen molar-refractivity contribution in [2.75, 3.05) is 19.6 Å². The third-order valence-corrected chi connectivity index (χ3v) is 3.55. The Kier molecular flexibility index (Phi) is 4.88. The zero-order chi connectivity index (χ0) is 13.7. The van der Waals surface area contributed by atoms with Crippen molar-refractivity contribution in [3.63, 3.8) is 0 Å². The van der Waals surface area contributed by atoms with Gasteiger partial charge in [-0.15, -0.1) is 0 Å². The fraction of sp³-hybridized carbons (Fsp3) is 0.438. The molecule has 1 aromatic carbocycles.